The van der Waals surface area contributed by atoms with E-state index in [9.17, 15) is 9.59 Å². The number of nitrogens with one attached hydrogen (secondary N) is 1. The van der Waals surface area contributed by atoms with E-state index < -0.39 is 12.1 Å². The second-order valence-electron chi connectivity index (χ2n) is 6.90. The summed E-state index contributed by atoms with van der Waals surface area (Å²) in [5, 5.41) is 2.80. The van der Waals surface area contributed by atoms with Crippen LogP contribution < -0.4 is 10.1 Å². The van der Waals surface area contributed by atoms with Gasteiger partial charge in [-0.05, 0) is 29.3 Å². The summed E-state index contributed by atoms with van der Waals surface area (Å²) in [5.41, 5.74) is 2.47. The molecule has 1 atom stereocenters. The molecule has 1 N–H and O–H groups in total. The first kappa shape index (κ1) is 22.6. The summed E-state index contributed by atoms with van der Waals surface area (Å²) in [4.78, 5) is 24.8. The van der Waals surface area contributed by atoms with Gasteiger partial charge >= 0.3 is 5.97 Å². The van der Waals surface area contributed by atoms with Crippen molar-refractivity contribution in [1.82, 2.24) is 5.32 Å². The first-order chi connectivity index (χ1) is 15.7. The van der Waals surface area contributed by atoms with Crippen molar-refractivity contribution in [2.75, 3.05) is 13.7 Å². The third-order valence-electron chi connectivity index (χ3n) is 4.64. The molecule has 0 saturated carbocycles. The molecule has 5 nitrogen and oxygen atoms in total. The van der Waals surface area contributed by atoms with Crippen LogP contribution in [0.25, 0.3) is 12.2 Å². The van der Waals surface area contributed by atoms with Crippen LogP contribution in [0, 0.1) is 0 Å². The Morgan fingerprint density at radius 3 is 2.00 bits per heavy atom. The largest absolute Gasteiger partial charge is 0.496 e. The fourth-order valence-electron chi connectivity index (χ4n) is 3.04. The summed E-state index contributed by atoms with van der Waals surface area (Å²) in [6.07, 6.45) is 5.51. The number of methoxy groups -OCH3 is 1. The number of carbonyl (C=O) groups is 2. The summed E-state index contributed by atoms with van der Waals surface area (Å²) in [5.74, 6) is -0.227. The van der Waals surface area contributed by atoms with Crippen LogP contribution in [0.4, 0.5) is 0 Å². The van der Waals surface area contributed by atoms with Gasteiger partial charge in [-0.1, -0.05) is 78.9 Å². The molecule has 0 spiro atoms. The van der Waals surface area contributed by atoms with E-state index in [1.165, 1.54) is 12.2 Å². The van der Waals surface area contributed by atoms with Crippen LogP contribution in [0.3, 0.4) is 0 Å². The van der Waals surface area contributed by atoms with Gasteiger partial charge < -0.3 is 14.8 Å². The minimum Gasteiger partial charge on any atom is -0.496 e. The number of hydrogen-bond acceptors (Lipinski definition) is 4. The lowest BCUT2D eigenvalue weighted by atomic mass is 10.1. The molecule has 1 amide bonds. The van der Waals surface area contributed by atoms with Crippen LogP contribution in [-0.2, 0) is 14.3 Å². The van der Waals surface area contributed by atoms with Crippen molar-refractivity contribution in [3.8, 4) is 5.75 Å². The van der Waals surface area contributed by atoms with Gasteiger partial charge in [0.05, 0.1) is 13.7 Å². The normalized spacial score (nSPS) is 11.9. The molecule has 3 aromatic rings. The molecule has 0 aliphatic carbocycles. The number of para-hydroxylation sites is 1. The van der Waals surface area contributed by atoms with E-state index in [-0.39, 0.29) is 12.5 Å². The summed E-state index contributed by atoms with van der Waals surface area (Å²) in [6, 6.07) is 26.2. The highest BCUT2D eigenvalue weighted by Crippen LogP contribution is 2.27. The number of rotatable bonds is 9. The van der Waals surface area contributed by atoms with Gasteiger partial charge in [0.2, 0.25) is 5.91 Å². The molecular formula is C27H25NO4. The highest BCUT2D eigenvalue weighted by molar-refractivity contribution is 5.91. The Kier molecular flexibility index (Phi) is 8.40. The zero-order valence-corrected chi connectivity index (χ0v) is 17.8. The third-order valence-corrected chi connectivity index (χ3v) is 4.64. The van der Waals surface area contributed by atoms with Gasteiger partial charge in [0.15, 0.2) is 0 Å². The average Bonchev–Trinajstić information content (AvgIpc) is 2.85. The number of hydrogen-bond donors (Lipinski definition) is 1. The van der Waals surface area contributed by atoms with E-state index in [2.05, 4.69) is 5.32 Å². The van der Waals surface area contributed by atoms with E-state index in [1.54, 1.807) is 25.3 Å². The van der Waals surface area contributed by atoms with E-state index in [0.717, 1.165) is 11.1 Å². The number of benzene rings is 3. The van der Waals surface area contributed by atoms with Crippen LogP contribution in [0.2, 0.25) is 0 Å². The van der Waals surface area contributed by atoms with E-state index >= 15 is 0 Å². The van der Waals surface area contributed by atoms with Crippen LogP contribution in [0.1, 0.15) is 22.8 Å². The molecule has 0 fully saturated rings. The molecule has 0 saturated heterocycles. The Hall–Kier alpha value is -4.12. The smallest absolute Gasteiger partial charge is 0.331 e. The first-order valence-electron chi connectivity index (χ1n) is 10.2. The maximum Gasteiger partial charge on any atom is 0.331 e. The molecule has 0 radical (unpaired) electrons. The van der Waals surface area contributed by atoms with Gasteiger partial charge in [0.1, 0.15) is 11.9 Å². The SMILES string of the molecule is COc1ccccc1[C@H](CNC(=O)/C=C/c1ccccc1)OC(=O)/C=C/c1ccccc1. The number of carbonyl (C=O) groups excluding carboxylic acids is 2. The van der Waals surface area contributed by atoms with Crippen molar-refractivity contribution in [3.05, 3.63) is 114 Å². The molecule has 162 valence electrons. The van der Waals surface area contributed by atoms with Crippen molar-refractivity contribution in [1.29, 1.82) is 0 Å². The third kappa shape index (κ3) is 6.99. The molecular weight excluding hydrogens is 402 g/mol. The topological polar surface area (TPSA) is 64.6 Å². The molecule has 0 bridgehead atoms. The number of amides is 1. The van der Waals surface area contributed by atoms with Gasteiger partial charge in [-0.25, -0.2) is 4.79 Å². The Labute approximate surface area is 188 Å². The average molecular weight is 428 g/mol. The van der Waals surface area contributed by atoms with Gasteiger partial charge in [-0.3, -0.25) is 4.79 Å². The van der Waals surface area contributed by atoms with Gasteiger partial charge in [-0.15, -0.1) is 0 Å². The fourth-order valence-corrected chi connectivity index (χ4v) is 3.04. The van der Waals surface area contributed by atoms with E-state index in [4.69, 9.17) is 9.47 Å². The summed E-state index contributed by atoms with van der Waals surface area (Å²) < 4.78 is 11.1. The molecule has 0 unspecified atom stereocenters. The quantitative estimate of drug-likeness (QED) is 0.393. The second kappa shape index (κ2) is 11.9. The van der Waals surface area contributed by atoms with Crippen LogP contribution in [0.5, 0.6) is 5.75 Å². The predicted octanol–water partition coefficient (Wildman–Crippen LogP) is 4.82. The Balaban J connectivity index is 1.69. The fraction of sp³-hybridized carbons (Fsp3) is 0.111. The summed E-state index contributed by atoms with van der Waals surface area (Å²) >= 11 is 0. The molecule has 3 aromatic carbocycles. The van der Waals surface area contributed by atoms with E-state index in [0.29, 0.717) is 11.3 Å². The number of esters is 1. The second-order valence-corrected chi connectivity index (χ2v) is 6.90. The maximum atomic E-state index is 12.5. The molecule has 0 aromatic heterocycles. The van der Waals surface area contributed by atoms with Crippen molar-refractivity contribution in [2.24, 2.45) is 0 Å². The van der Waals surface area contributed by atoms with Crippen LogP contribution >= 0.6 is 0 Å². The van der Waals surface area contributed by atoms with Gasteiger partial charge in [-0.2, -0.15) is 0 Å². The zero-order valence-electron chi connectivity index (χ0n) is 17.8. The van der Waals surface area contributed by atoms with Crippen molar-refractivity contribution in [2.45, 2.75) is 6.10 Å². The van der Waals surface area contributed by atoms with Crippen molar-refractivity contribution < 1.29 is 19.1 Å². The molecule has 0 aliphatic heterocycles. The lowest BCUT2D eigenvalue weighted by Crippen LogP contribution is -2.29. The maximum absolute atomic E-state index is 12.5. The van der Waals surface area contributed by atoms with Crippen LogP contribution in [-0.4, -0.2) is 25.5 Å². The van der Waals surface area contributed by atoms with Crippen molar-refractivity contribution in [3.63, 3.8) is 0 Å². The van der Waals surface area contributed by atoms with Gasteiger partial charge in [0, 0.05) is 17.7 Å². The molecule has 0 aliphatic rings. The predicted molar refractivity (Wildman–Crippen MR) is 126 cm³/mol. The Morgan fingerprint density at radius 1 is 0.812 bits per heavy atom. The number of ether oxygens (including phenoxy) is 2. The highest BCUT2D eigenvalue weighted by atomic mass is 16.5. The summed E-state index contributed by atoms with van der Waals surface area (Å²) in [6.45, 7) is 0.100. The monoisotopic (exact) mass is 427 g/mol. The molecule has 5 heteroatoms. The standard InChI is InChI=1S/C27H25NO4/c1-31-24-15-9-8-14-23(24)25(32-27(30)19-17-22-12-6-3-7-13-22)20-28-26(29)18-16-21-10-4-2-5-11-21/h2-19,25H,20H2,1H3,(H,28,29)/b18-16+,19-17+/t25-/m0/s1. The van der Waals surface area contributed by atoms with Crippen LogP contribution in [0.15, 0.2) is 97.1 Å². The van der Waals surface area contributed by atoms with Crippen molar-refractivity contribution >= 4 is 24.0 Å². The van der Waals surface area contributed by atoms with Gasteiger partial charge in [0.25, 0.3) is 0 Å². The minimum absolute atomic E-state index is 0.100. The zero-order chi connectivity index (χ0) is 22.6. The molecule has 3 rings (SSSR count). The summed E-state index contributed by atoms with van der Waals surface area (Å²) in [7, 11) is 1.55. The lowest BCUT2D eigenvalue weighted by Gasteiger charge is -2.20. The Morgan fingerprint density at radius 2 is 1.38 bits per heavy atom. The Bertz CT molecular complexity index is 1080. The highest BCUT2D eigenvalue weighted by Gasteiger charge is 2.20. The minimum atomic E-state index is -0.715. The molecule has 0 heterocycles. The lowest BCUT2D eigenvalue weighted by molar-refractivity contribution is -0.143. The molecule has 32 heavy (non-hydrogen) atoms. The van der Waals surface area contributed by atoms with E-state index in [1.807, 2.05) is 78.9 Å². The first-order valence-corrected chi connectivity index (χ1v) is 10.2.